The molecule has 3 aromatic rings. The van der Waals surface area contributed by atoms with Gasteiger partial charge in [0, 0.05) is 5.69 Å². The number of carbonyl (C=O) groups excluding carboxylic acids is 2. The molecule has 0 spiro atoms. The lowest BCUT2D eigenvalue weighted by Gasteiger charge is -2.06. The van der Waals surface area contributed by atoms with Crippen molar-refractivity contribution in [2.45, 2.75) is 4.34 Å². The van der Waals surface area contributed by atoms with Crippen molar-refractivity contribution in [3.8, 4) is 0 Å². The maximum atomic E-state index is 11.9. The van der Waals surface area contributed by atoms with Gasteiger partial charge in [0.15, 0.2) is 4.34 Å². The summed E-state index contributed by atoms with van der Waals surface area (Å²) >= 11 is 4.53. The summed E-state index contributed by atoms with van der Waals surface area (Å²) in [6.07, 6.45) is 1.98. The molecule has 2 heterocycles. The summed E-state index contributed by atoms with van der Waals surface area (Å²) < 4.78 is 2.02. The fraction of sp³-hybridized carbons (Fsp3) is 0.133. The summed E-state index contributed by atoms with van der Waals surface area (Å²) in [5, 5.41) is 7.21. The predicted molar refractivity (Wildman–Crippen MR) is 96.7 cm³/mol. The number of hydrogen-bond acceptors (Lipinski definition) is 6. The largest absolute Gasteiger partial charge is 0.342 e. The first-order chi connectivity index (χ1) is 11.2. The van der Waals surface area contributed by atoms with Gasteiger partial charge in [0.1, 0.15) is 0 Å². The van der Waals surface area contributed by atoms with Crippen molar-refractivity contribution in [2.24, 2.45) is 0 Å². The van der Waals surface area contributed by atoms with E-state index >= 15 is 0 Å². The quantitative estimate of drug-likeness (QED) is 0.681. The van der Waals surface area contributed by atoms with E-state index in [0.717, 1.165) is 14.6 Å². The molecule has 2 amide bonds. The third-order valence-electron chi connectivity index (χ3n) is 2.98. The number of anilines is 1. The van der Waals surface area contributed by atoms with E-state index < -0.39 is 0 Å². The minimum atomic E-state index is -0.260. The van der Waals surface area contributed by atoms with Crippen LogP contribution in [0.15, 0.2) is 40.1 Å². The van der Waals surface area contributed by atoms with Crippen molar-refractivity contribution < 1.29 is 9.59 Å². The van der Waals surface area contributed by atoms with Gasteiger partial charge in [0.2, 0.25) is 5.91 Å². The van der Waals surface area contributed by atoms with Gasteiger partial charge in [-0.15, -0.1) is 22.7 Å². The summed E-state index contributed by atoms with van der Waals surface area (Å²) in [4.78, 5) is 28.8. The van der Waals surface area contributed by atoms with Crippen LogP contribution in [0.3, 0.4) is 0 Å². The number of thiophene rings is 1. The standard InChI is InChI=1S/C15H13N3O2S3/c1-21-15-18-10-5-4-9(7-12(10)23-15)17-13(19)8-16-14(20)11-3-2-6-22-11/h2-7H,8H2,1H3,(H,16,20)(H,17,19). The minimum absolute atomic E-state index is 0.0620. The van der Waals surface area contributed by atoms with Crippen molar-refractivity contribution in [1.82, 2.24) is 10.3 Å². The zero-order valence-electron chi connectivity index (χ0n) is 12.2. The highest BCUT2D eigenvalue weighted by Gasteiger charge is 2.10. The minimum Gasteiger partial charge on any atom is -0.342 e. The van der Waals surface area contributed by atoms with Gasteiger partial charge in [-0.1, -0.05) is 17.8 Å². The number of thiazole rings is 1. The fourth-order valence-corrected chi connectivity index (χ4v) is 4.10. The lowest BCUT2D eigenvalue weighted by atomic mass is 10.3. The Morgan fingerprint density at radius 1 is 1.30 bits per heavy atom. The molecule has 0 saturated heterocycles. The van der Waals surface area contributed by atoms with Crippen LogP contribution < -0.4 is 10.6 Å². The number of fused-ring (bicyclic) bond motifs is 1. The number of carbonyl (C=O) groups is 2. The number of thioether (sulfide) groups is 1. The van der Waals surface area contributed by atoms with Crippen molar-refractivity contribution in [1.29, 1.82) is 0 Å². The van der Waals surface area contributed by atoms with E-state index in [-0.39, 0.29) is 18.4 Å². The van der Waals surface area contributed by atoms with Gasteiger partial charge in [-0.25, -0.2) is 4.98 Å². The Hall–Kier alpha value is -1.90. The third kappa shape index (κ3) is 3.90. The Kier molecular flexibility index (Phi) is 4.94. The van der Waals surface area contributed by atoms with Gasteiger partial charge < -0.3 is 10.6 Å². The maximum absolute atomic E-state index is 11.9. The predicted octanol–water partition coefficient (Wildman–Crippen LogP) is 3.45. The first-order valence-electron chi connectivity index (χ1n) is 6.72. The monoisotopic (exact) mass is 363 g/mol. The van der Waals surface area contributed by atoms with E-state index in [1.54, 1.807) is 35.2 Å². The molecule has 118 valence electrons. The van der Waals surface area contributed by atoms with Crippen molar-refractivity contribution in [3.63, 3.8) is 0 Å². The molecule has 2 aromatic heterocycles. The summed E-state index contributed by atoms with van der Waals surface area (Å²) in [6.45, 7) is -0.0620. The van der Waals surface area contributed by atoms with E-state index in [9.17, 15) is 9.59 Å². The smallest absolute Gasteiger partial charge is 0.261 e. The third-order valence-corrected chi connectivity index (χ3v) is 5.85. The lowest BCUT2D eigenvalue weighted by molar-refractivity contribution is -0.115. The van der Waals surface area contributed by atoms with E-state index in [0.29, 0.717) is 10.6 Å². The number of hydrogen-bond donors (Lipinski definition) is 2. The molecule has 0 unspecified atom stereocenters. The van der Waals surface area contributed by atoms with E-state index in [2.05, 4.69) is 15.6 Å². The van der Waals surface area contributed by atoms with E-state index in [1.807, 2.05) is 29.8 Å². The molecule has 23 heavy (non-hydrogen) atoms. The molecule has 0 atom stereocenters. The molecule has 5 nitrogen and oxygen atoms in total. The number of nitrogens with zero attached hydrogens (tertiary/aromatic N) is 1. The zero-order chi connectivity index (χ0) is 16.2. The first kappa shape index (κ1) is 16.0. The van der Waals surface area contributed by atoms with Gasteiger partial charge in [-0.2, -0.15) is 0 Å². The van der Waals surface area contributed by atoms with Crippen LogP contribution in [0.4, 0.5) is 5.69 Å². The molecule has 3 rings (SSSR count). The average Bonchev–Trinajstić information content (AvgIpc) is 3.21. The summed E-state index contributed by atoms with van der Waals surface area (Å²) in [7, 11) is 0. The number of aromatic nitrogens is 1. The Morgan fingerprint density at radius 2 is 2.17 bits per heavy atom. The molecule has 0 aliphatic heterocycles. The van der Waals surface area contributed by atoms with Gasteiger partial charge in [0.25, 0.3) is 5.91 Å². The highest BCUT2D eigenvalue weighted by molar-refractivity contribution is 8.00. The van der Waals surface area contributed by atoms with Crippen LogP contribution in [-0.4, -0.2) is 29.6 Å². The normalized spacial score (nSPS) is 10.7. The molecular formula is C15H13N3O2S3. The van der Waals surface area contributed by atoms with Gasteiger partial charge in [-0.3, -0.25) is 9.59 Å². The fourth-order valence-electron chi connectivity index (χ4n) is 1.93. The lowest BCUT2D eigenvalue weighted by Crippen LogP contribution is -2.32. The van der Waals surface area contributed by atoms with Crippen LogP contribution in [0, 0.1) is 0 Å². The summed E-state index contributed by atoms with van der Waals surface area (Å²) in [5.74, 6) is -0.499. The Morgan fingerprint density at radius 3 is 2.91 bits per heavy atom. The maximum Gasteiger partial charge on any atom is 0.261 e. The van der Waals surface area contributed by atoms with Crippen LogP contribution in [-0.2, 0) is 4.79 Å². The Labute approximate surface area is 145 Å². The molecule has 0 saturated carbocycles. The molecule has 0 aliphatic carbocycles. The van der Waals surface area contributed by atoms with E-state index in [1.165, 1.54) is 11.3 Å². The number of benzene rings is 1. The second kappa shape index (κ2) is 7.12. The van der Waals surface area contributed by atoms with Crippen LogP contribution >= 0.6 is 34.4 Å². The number of rotatable bonds is 5. The molecule has 1 aromatic carbocycles. The number of amides is 2. The van der Waals surface area contributed by atoms with Crippen molar-refractivity contribution in [2.75, 3.05) is 18.1 Å². The molecule has 0 radical (unpaired) electrons. The second-order valence-electron chi connectivity index (χ2n) is 4.57. The van der Waals surface area contributed by atoms with Crippen LogP contribution in [0.1, 0.15) is 9.67 Å². The topological polar surface area (TPSA) is 71.1 Å². The summed E-state index contributed by atoms with van der Waals surface area (Å²) in [5.41, 5.74) is 1.62. The molecule has 0 bridgehead atoms. The summed E-state index contributed by atoms with van der Waals surface area (Å²) in [6, 6.07) is 9.11. The van der Waals surface area contributed by atoms with Gasteiger partial charge in [0.05, 0.1) is 21.6 Å². The highest BCUT2D eigenvalue weighted by atomic mass is 32.2. The molecule has 8 heteroatoms. The number of nitrogens with one attached hydrogen (secondary N) is 2. The highest BCUT2D eigenvalue weighted by Crippen LogP contribution is 2.29. The molecular weight excluding hydrogens is 350 g/mol. The Balaban J connectivity index is 1.60. The van der Waals surface area contributed by atoms with E-state index in [4.69, 9.17) is 0 Å². The van der Waals surface area contributed by atoms with Gasteiger partial charge >= 0.3 is 0 Å². The van der Waals surface area contributed by atoms with Gasteiger partial charge in [-0.05, 0) is 35.9 Å². The molecule has 2 N–H and O–H groups in total. The Bertz CT molecular complexity index is 843. The zero-order valence-corrected chi connectivity index (χ0v) is 14.6. The van der Waals surface area contributed by atoms with Crippen LogP contribution in [0.25, 0.3) is 10.2 Å². The first-order valence-corrected chi connectivity index (χ1v) is 9.64. The van der Waals surface area contributed by atoms with Crippen LogP contribution in [0.2, 0.25) is 0 Å². The SMILES string of the molecule is CSc1nc2ccc(NC(=O)CNC(=O)c3cccs3)cc2s1. The van der Waals surface area contributed by atoms with Crippen LogP contribution in [0.5, 0.6) is 0 Å². The van der Waals surface area contributed by atoms with Crippen molar-refractivity contribution in [3.05, 3.63) is 40.6 Å². The van der Waals surface area contributed by atoms with Crippen molar-refractivity contribution >= 4 is 62.2 Å². The second-order valence-corrected chi connectivity index (χ2v) is 7.61. The average molecular weight is 363 g/mol. The molecule has 0 fully saturated rings. The molecule has 0 aliphatic rings.